The maximum Gasteiger partial charge on any atom is 0.338 e. The molecule has 3 aromatic carbocycles. The molecule has 0 aliphatic carbocycles. The summed E-state index contributed by atoms with van der Waals surface area (Å²) < 4.78 is 32.5. The monoisotopic (exact) mass is 452 g/mol. The fourth-order valence-electron chi connectivity index (χ4n) is 3.01. The highest BCUT2D eigenvalue weighted by Crippen LogP contribution is 2.19. The van der Waals surface area contributed by atoms with Gasteiger partial charge in [-0.15, -0.1) is 0 Å². The van der Waals surface area contributed by atoms with Crippen LogP contribution in [0.2, 0.25) is 0 Å². The standard InChI is InChI=1S/C24H24N2O5S/c1-18(19-10-5-3-6-11-19)26(2)23(27)17-31-24(28)20-12-9-13-21(16-20)25-32(29,30)22-14-7-4-8-15-22/h3-16,18,25H,17H2,1-2H3. The molecule has 7 nitrogen and oxygen atoms in total. The maximum absolute atomic E-state index is 12.5. The fraction of sp³-hybridized carbons (Fsp3) is 0.167. The van der Waals surface area contributed by atoms with E-state index in [9.17, 15) is 18.0 Å². The van der Waals surface area contributed by atoms with Crippen molar-refractivity contribution in [3.63, 3.8) is 0 Å². The normalized spacial score (nSPS) is 11.9. The highest BCUT2D eigenvalue weighted by molar-refractivity contribution is 7.92. The Hall–Kier alpha value is -3.65. The van der Waals surface area contributed by atoms with Crippen molar-refractivity contribution in [3.8, 4) is 0 Å². The quantitative estimate of drug-likeness (QED) is 0.524. The predicted molar refractivity (Wildman–Crippen MR) is 122 cm³/mol. The van der Waals surface area contributed by atoms with Crippen molar-refractivity contribution < 1.29 is 22.7 Å². The van der Waals surface area contributed by atoms with E-state index < -0.39 is 22.6 Å². The first-order valence-corrected chi connectivity index (χ1v) is 11.4. The van der Waals surface area contributed by atoms with Crippen molar-refractivity contribution in [2.24, 2.45) is 0 Å². The van der Waals surface area contributed by atoms with Gasteiger partial charge < -0.3 is 9.64 Å². The van der Waals surface area contributed by atoms with Crippen LogP contribution in [0.25, 0.3) is 0 Å². The largest absolute Gasteiger partial charge is 0.452 e. The van der Waals surface area contributed by atoms with Crippen molar-refractivity contribution in [2.75, 3.05) is 18.4 Å². The van der Waals surface area contributed by atoms with E-state index in [4.69, 9.17) is 4.74 Å². The third kappa shape index (κ3) is 5.73. The number of nitrogens with one attached hydrogen (secondary N) is 1. The average molecular weight is 453 g/mol. The van der Waals surface area contributed by atoms with E-state index in [1.807, 2.05) is 37.3 Å². The zero-order valence-electron chi connectivity index (χ0n) is 17.8. The van der Waals surface area contributed by atoms with Crippen molar-refractivity contribution in [1.29, 1.82) is 0 Å². The van der Waals surface area contributed by atoms with E-state index >= 15 is 0 Å². The van der Waals surface area contributed by atoms with E-state index in [1.165, 1.54) is 41.3 Å². The summed E-state index contributed by atoms with van der Waals surface area (Å²) in [5, 5.41) is 0. The van der Waals surface area contributed by atoms with E-state index in [1.54, 1.807) is 25.2 Å². The Balaban J connectivity index is 1.62. The zero-order chi connectivity index (χ0) is 23.1. The molecule has 0 aliphatic heterocycles. The Morgan fingerprint density at radius 2 is 1.56 bits per heavy atom. The molecular weight excluding hydrogens is 428 g/mol. The number of benzene rings is 3. The number of carbonyl (C=O) groups excluding carboxylic acids is 2. The Labute approximate surface area is 187 Å². The molecule has 0 heterocycles. The van der Waals surface area contributed by atoms with Crippen LogP contribution in [0.3, 0.4) is 0 Å². The second-order valence-electron chi connectivity index (χ2n) is 7.17. The minimum Gasteiger partial charge on any atom is -0.452 e. The van der Waals surface area contributed by atoms with Crippen LogP contribution in [0, 0.1) is 0 Å². The van der Waals surface area contributed by atoms with Gasteiger partial charge in [0, 0.05) is 12.7 Å². The van der Waals surface area contributed by atoms with Crippen LogP contribution >= 0.6 is 0 Å². The Morgan fingerprint density at radius 1 is 0.938 bits per heavy atom. The molecule has 166 valence electrons. The molecule has 0 aliphatic rings. The molecule has 3 rings (SSSR count). The lowest BCUT2D eigenvalue weighted by atomic mass is 10.1. The van der Waals surface area contributed by atoms with Gasteiger partial charge in [-0.1, -0.05) is 54.6 Å². The fourth-order valence-corrected chi connectivity index (χ4v) is 4.08. The number of carbonyl (C=O) groups is 2. The molecule has 0 radical (unpaired) electrons. The molecule has 1 unspecified atom stereocenters. The summed E-state index contributed by atoms with van der Waals surface area (Å²) in [4.78, 5) is 26.5. The van der Waals surface area contributed by atoms with Gasteiger partial charge >= 0.3 is 5.97 Å². The Bertz CT molecular complexity index is 1180. The Kier molecular flexibility index (Phi) is 7.27. The average Bonchev–Trinajstić information content (AvgIpc) is 2.82. The molecule has 8 heteroatoms. The van der Waals surface area contributed by atoms with Crippen molar-refractivity contribution >= 4 is 27.6 Å². The van der Waals surface area contributed by atoms with Crippen molar-refractivity contribution in [3.05, 3.63) is 96.1 Å². The van der Waals surface area contributed by atoms with Gasteiger partial charge in [0.2, 0.25) is 0 Å². The summed E-state index contributed by atoms with van der Waals surface area (Å²) in [5.74, 6) is -1.07. The molecule has 3 aromatic rings. The van der Waals surface area contributed by atoms with Crippen LogP contribution in [0.1, 0.15) is 28.9 Å². The number of rotatable bonds is 8. The van der Waals surface area contributed by atoms with Crippen LogP contribution in [0.4, 0.5) is 5.69 Å². The number of likely N-dealkylation sites (N-methyl/N-ethyl adjacent to an activating group) is 1. The molecular formula is C24H24N2O5S. The van der Waals surface area contributed by atoms with Crippen LogP contribution < -0.4 is 4.72 Å². The van der Waals surface area contributed by atoms with Gasteiger partial charge in [0.05, 0.1) is 16.5 Å². The molecule has 1 atom stereocenters. The molecule has 0 saturated carbocycles. The smallest absolute Gasteiger partial charge is 0.338 e. The number of esters is 1. The van der Waals surface area contributed by atoms with Gasteiger partial charge in [-0.25, -0.2) is 13.2 Å². The minimum absolute atomic E-state index is 0.106. The number of anilines is 1. The lowest BCUT2D eigenvalue weighted by Gasteiger charge is -2.25. The van der Waals surface area contributed by atoms with Crippen molar-refractivity contribution in [2.45, 2.75) is 17.9 Å². The summed E-state index contributed by atoms with van der Waals surface area (Å²) in [5.41, 5.74) is 1.31. The van der Waals surface area contributed by atoms with Gasteiger partial charge in [-0.05, 0) is 42.8 Å². The molecule has 0 spiro atoms. The van der Waals surface area contributed by atoms with E-state index in [2.05, 4.69) is 4.72 Å². The number of hydrogen-bond acceptors (Lipinski definition) is 5. The number of amides is 1. The molecule has 32 heavy (non-hydrogen) atoms. The number of nitrogens with zero attached hydrogens (tertiary/aromatic N) is 1. The van der Waals surface area contributed by atoms with Crippen LogP contribution in [0.5, 0.6) is 0 Å². The summed E-state index contributed by atoms with van der Waals surface area (Å²) >= 11 is 0. The number of hydrogen-bond donors (Lipinski definition) is 1. The first-order chi connectivity index (χ1) is 15.3. The maximum atomic E-state index is 12.5. The highest BCUT2D eigenvalue weighted by atomic mass is 32.2. The van der Waals surface area contributed by atoms with Gasteiger partial charge in [0.1, 0.15) is 0 Å². The second kappa shape index (κ2) is 10.1. The molecule has 0 saturated heterocycles. The zero-order valence-corrected chi connectivity index (χ0v) is 18.6. The molecule has 0 bridgehead atoms. The third-order valence-corrected chi connectivity index (χ3v) is 6.38. The second-order valence-corrected chi connectivity index (χ2v) is 8.85. The molecule has 1 amide bonds. The van der Waals surface area contributed by atoms with E-state index in [-0.39, 0.29) is 28.1 Å². The van der Waals surface area contributed by atoms with Gasteiger partial charge in [0.25, 0.3) is 15.9 Å². The molecule has 1 N–H and O–H groups in total. The predicted octanol–water partition coefficient (Wildman–Crippen LogP) is 3.86. The van der Waals surface area contributed by atoms with Crippen LogP contribution in [0.15, 0.2) is 89.8 Å². The lowest BCUT2D eigenvalue weighted by molar-refractivity contribution is -0.135. The van der Waals surface area contributed by atoms with Gasteiger partial charge in [0.15, 0.2) is 6.61 Å². The van der Waals surface area contributed by atoms with Crippen molar-refractivity contribution in [1.82, 2.24) is 4.90 Å². The van der Waals surface area contributed by atoms with Gasteiger partial charge in [-0.3, -0.25) is 9.52 Å². The van der Waals surface area contributed by atoms with Gasteiger partial charge in [-0.2, -0.15) is 0 Å². The topological polar surface area (TPSA) is 92.8 Å². The van der Waals surface area contributed by atoms with E-state index in [0.29, 0.717) is 0 Å². The number of sulfonamides is 1. The first-order valence-electron chi connectivity index (χ1n) is 9.93. The van der Waals surface area contributed by atoms with Crippen LogP contribution in [-0.4, -0.2) is 38.8 Å². The Morgan fingerprint density at radius 3 is 2.22 bits per heavy atom. The minimum atomic E-state index is -3.79. The number of ether oxygens (including phenoxy) is 1. The highest BCUT2D eigenvalue weighted by Gasteiger charge is 2.20. The summed E-state index contributed by atoms with van der Waals surface area (Å²) in [6, 6.07) is 23.1. The third-order valence-electron chi connectivity index (χ3n) is 4.99. The van der Waals surface area contributed by atoms with E-state index in [0.717, 1.165) is 5.56 Å². The lowest BCUT2D eigenvalue weighted by Crippen LogP contribution is -2.33. The molecule has 0 aromatic heterocycles. The SMILES string of the molecule is CC(c1ccccc1)N(C)C(=O)COC(=O)c1cccc(NS(=O)(=O)c2ccccc2)c1. The summed E-state index contributed by atoms with van der Waals surface area (Å²) in [6.07, 6.45) is 0. The summed E-state index contributed by atoms with van der Waals surface area (Å²) in [6.45, 7) is 1.46. The summed E-state index contributed by atoms with van der Waals surface area (Å²) in [7, 11) is -2.15. The first kappa shape index (κ1) is 23.0. The molecule has 0 fully saturated rings. The van der Waals surface area contributed by atoms with Crippen LogP contribution in [-0.2, 0) is 19.6 Å².